The Morgan fingerprint density at radius 1 is 1.23 bits per heavy atom. The fourth-order valence-corrected chi connectivity index (χ4v) is 2.45. The molecular weight excluding hydrogens is 342 g/mol. The molecule has 3 rings (SSSR count). The van der Waals surface area contributed by atoms with E-state index >= 15 is 0 Å². The summed E-state index contributed by atoms with van der Waals surface area (Å²) < 4.78 is 15.5. The second kappa shape index (κ2) is 7.70. The first-order valence-corrected chi connectivity index (χ1v) is 7.81. The molecule has 0 radical (unpaired) electrons. The van der Waals surface area contributed by atoms with Crippen molar-refractivity contribution in [3.05, 3.63) is 52.1 Å². The SMILES string of the molecule is COCCNc1ccc([N+](=O)[O-])cc1C(=O)Nc1ccc2c(c1)OCO2. The lowest BCUT2D eigenvalue weighted by atomic mass is 10.1. The Balaban J connectivity index is 1.83. The average Bonchev–Trinajstić information content (AvgIpc) is 3.09. The molecule has 2 aromatic rings. The number of benzene rings is 2. The summed E-state index contributed by atoms with van der Waals surface area (Å²) in [6, 6.07) is 9.06. The lowest BCUT2D eigenvalue weighted by molar-refractivity contribution is -0.384. The number of carbonyl (C=O) groups is 1. The fraction of sp³-hybridized carbons (Fsp3) is 0.235. The molecular formula is C17H17N3O6. The molecule has 9 heteroatoms. The Morgan fingerprint density at radius 2 is 2.04 bits per heavy atom. The summed E-state index contributed by atoms with van der Waals surface area (Å²) in [7, 11) is 1.56. The van der Waals surface area contributed by atoms with Crippen molar-refractivity contribution in [3.63, 3.8) is 0 Å². The number of nitro benzene ring substituents is 1. The Hall–Kier alpha value is -3.33. The van der Waals surface area contributed by atoms with Crippen molar-refractivity contribution in [2.24, 2.45) is 0 Å². The Morgan fingerprint density at radius 3 is 2.81 bits per heavy atom. The van der Waals surface area contributed by atoms with Crippen molar-refractivity contribution in [1.82, 2.24) is 0 Å². The van der Waals surface area contributed by atoms with Crippen LogP contribution in [0.1, 0.15) is 10.4 Å². The molecule has 2 N–H and O–H groups in total. The van der Waals surface area contributed by atoms with Crippen molar-refractivity contribution in [2.75, 3.05) is 37.7 Å². The molecule has 0 unspecified atom stereocenters. The predicted molar refractivity (Wildman–Crippen MR) is 94.0 cm³/mol. The molecule has 1 amide bonds. The van der Waals surface area contributed by atoms with Crippen molar-refractivity contribution >= 4 is 23.0 Å². The quantitative estimate of drug-likeness (QED) is 0.444. The maximum atomic E-state index is 12.7. The molecule has 1 aliphatic rings. The molecule has 136 valence electrons. The summed E-state index contributed by atoms with van der Waals surface area (Å²) in [5.74, 6) is 0.646. The minimum Gasteiger partial charge on any atom is -0.454 e. The fourth-order valence-electron chi connectivity index (χ4n) is 2.45. The van der Waals surface area contributed by atoms with Crippen LogP contribution in [0, 0.1) is 10.1 Å². The second-order valence-corrected chi connectivity index (χ2v) is 5.43. The number of hydrogen-bond acceptors (Lipinski definition) is 7. The van der Waals surface area contributed by atoms with Gasteiger partial charge >= 0.3 is 0 Å². The van der Waals surface area contributed by atoms with Gasteiger partial charge in [0.05, 0.1) is 17.1 Å². The van der Waals surface area contributed by atoms with Crippen molar-refractivity contribution in [1.29, 1.82) is 0 Å². The van der Waals surface area contributed by atoms with E-state index in [9.17, 15) is 14.9 Å². The van der Waals surface area contributed by atoms with E-state index < -0.39 is 10.8 Å². The minimum atomic E-state index is -0.545. The Bertz CT molecular complexity index is 839. The molecule has 0 aliphatic carbocycles. The number of anilines is 2. The highest BCUT2D eigenvalue weighted by atomic mass is 16.7. The minimum absolute atomic E-state index is 0.130. The van der Waals surface area contributed by atoms with Gasteiger partial charge in [-0.25, -0.2) is 0 Å². The maximum absolute atomic E-state index is 12.7. The number of amides is 1. The van der Waals surface area contributed by atoms with Crippen molar-refractivity contribution in [2.45, 2.75) is 0 Å². The van der Waals surface area contributed by atoms with Crippen LogP contribution >= 0.6 is 0 Å². The van der Waals surface area contributed by atoms with E-state index in [-0.39, 0.29) is 18.0 Å². The number of carbonyl (C=O) groups excluding carboxylic acids is 1. The number of nitrogens with zero attached hydrogens (tertiary/aromatic N) is 1. The van der Waals surface area contributed by atoms with Crippen LogP contribution in [0.4, 0.5) is 17.1 Å². The number of fused-ring (bicyclic) bond motifs is 1. The second-order valence-electron chi connectivity index (χ2n) is 5.43. The number of rotatable bonds is 7. The first-order valence-electron chi connectivity index (χ1n) is 7.81. The zero-order chi connectivity index (χ0) is 18.5. The molecule has 0 atom stereocenters. The first-order chi connectivity index (χ1) is 12.6. The zero-order valence-electron chi connectivity index (χ0n) is 14.0. The van der Waals surface area contributed by atoms with Gasteiger partial charge in [-0.05, 0) is 18.2 Å². The number of methoxy groups -OCH3 is 1. The summed E-state index contributed by atoms with van der Waals surface area (Å²) in [6.07, 6.45) is 0. The Kier molecular flexibility index (Phi) is 5.18. The van der Waals surface area contributed by atoms with E-state index in [1.165, 1.54) is 18.2 Å². The molecule has 1 aliphatic heterocycles. The van der Waals surface area contributed by atoms with Gasteiger partial charge in [0.1, 0.15) is 0 Å². The summed E-state index contributed by atoms with van der Waals surface area (Å²) in [6.45, 7) is 1.02. The molecule has 0 spiro atoms. The number of hydrogen-bond donors (Lipinski definition) is 2. The zero-order valence-corrected chi connectivity index (χ0v) is 14.0. The van der Waals surface area contributed by atoms with Gasteiger partial charge in [-0.1, -0.05) is 0 Å². The third-order valence-corrected chi connectivity index (χ3v) is 3.71. The van der Waals surface area contributed by atoms with Crippen molar-refractivity contribution in [3.8, 4) is 11.5 Å². The van der Waals surface area contributed by atoms with Gasteiger partial charge in [-0.2, -0.15) is 0 Å². The van der Waals surface area contributed by atoms with Crippen LogP contribution in [-0.2, 0) is 4.74 Å². The largest absolute Gasteiger partial charge is 0.454 e. The highest BCUT2D eigenvalue weighted by Crippen LogP contribution is 2.34. The van der Waals surface area contributed by atoms with Crippen LogP contribution in [0.5, 0.6) is 11.5 Å². The highest BCUT2D eigenvalue weighted by Gasteiger charge is 2.19. The molecule has 2 aromatic carbocycles. The molecule has 0 bridgehead atoms. The number of nitrogens with one attached hydrogen (secondary N) is 2. The first kappa shape index (κ1) is 17.5. The van der Waals surface area contributed by atoms with E-state index in [4.69, 9.17) is 14.2 Å². The molecule has 1 heterocycles. The molecule has 0 saturated heterocycles. The summed E-state index contributed by atoms with van der Waals surface area (Å²) >= 11 is 0. The van der Waals surface area contributed by atoms with Gasteiger partial charge in [0.15, 0.2) is 11.5 Å². The lowest BCUT2D eigenvalue weighted by Crippen LogP contribution is -2.17. The van der Waals surface area contributed by atoms with Crippen LogP contribution in [0.15, 0.2) is 36.4 Å². The molecule has 0 fully saturated rings. The molecule has 26 heavy (non-hydrogen) atoms. The summed E-state index contributed by atoms with van der Waals surface area (Å²) in [5, 5.41) is 16.8. The van der Waals surface area contributed by atoms with Crippen LogP contribution in [0.2, 0.25) is 0 Å². The van der Waals surface area contributed by atoms with Crippen LogP contribution in [0.3, 0.4) is 0 Å². The van der Waals surface area contributed by atoms with E-state index in [2.05, 4.69) is 10.6 Å². The van der Waals surface area contributed by atoms with Gasteiger partial charge in [-0.15, -0.1) is 0 Å². The standard InChI is InChI=1S/C17H17N3O6/c1-24-7-6-18-14-4-3-12(20(22)23)9-13(14)17(21)19-11-2-5-15-16(8-11)26-10-25-15/h2-5,8-9,18H,6-7,10H2,1H3,(H,19,21). The van der Waals surface area contributed by atoms with E-state index in [0.717, 1.165) is 0 Å². The number of non-ortho nitro benzene ring substituents is 1. The topological polar surface area (TPSA) is 112 Å². The van der Waals surface area contributed by atoms with Gasteiger partial charge < -0.3 is 24.8 Å². The Labute approximate surface area is 149 Å². The van der Waals surface area contributed by atoms with Gasteiger partial charge in [0.2, 0.25) is 6.79 Å². The lowest BCUT2D eigenvalue weighted by Gasteiger charge is -2.12. The third-order valence-electron chi connectivity index (χ3n) is 3.71. The van der Waals surface area contributed by atoms with E-state index in [0.29, 0.717) is 36.0 Å². The smallest absolute Gasteiger partial charge is 0.270 e. The van der Waals surface area contributed by atoms with Crippen LogP contribution in [0.25, 0.3) is 0 Å². The highest BCUT2D eigenvalue weighted by molar-refractivity contribution is 6.08. The number of nitro groups is 1. The van der Waals surface area contributed by atoms with E-state index in [1.807, 2.05) is 0 Å². The van der Waals surface area contributed by atoms with Gasteiger partial charge in [0.25, 0.3) is 11.6 Å². The van der Waals surface area contributed by atoms with Gasteiger partial charge in [0, 0.05) is 43.2 Å². The average molecular weight is 359 g/mol. The van der Waals surface area contributed by atoms with E-state index in [1.54, 1.807) is 25.3 Å². The molecule has 0 aromatic heterocycles. The summed E-state index contributed by atoms with van der Waals surface area (Å²) in [4.78, 5) is 23.2. The van der Waals surface area contributed by atoms with Crippen LogP contribution in [-0.4, -0.2) is 37.9 Å². The maximum Gasteiger partial charge on any atom is 0.270 e. The molecule has 9 nitrogen and oxygen atoms in total. The monoisotopic (exact) mass is 359 g/mol. The number of ether oxygens (including phenoxy) is 3. The summed E-state index contributed by atoms with van der Waals surface area (Å²) in [5.41, 5.74) is 0.964. The predicted octanol–water partition coefficient (Wildman–Crippen LogP) is 2.63. The third kappa shape index (κ3) is 3.83. The van der Waals surface area contributed by atoms with Gasteiger partial charge in [-0.3, -0.25) is 14.9 Å². The normalized spacial score (nSPS) is 11.9. The molecule has 0 saturated carbocycles. The van der Waals surface area contributed by atoms with Crippen LogP contribution < -0.4 is 20.1 Å². The van der Waals surface area contributed by atoms with Crippen molar-refractivity contribution < 1.29 is 23.9 Å².